The number of benzene rings is 1. The van der Waals surface area contributed by atoms with Crippen LogP contribution in [0.3, 0.4) is 0 Å². The Kier molecular flexibility index (Phi) is 4.35. The summed E-state index contributed by atoms with van der Waals surface area (Å²) in [7, 11) is 0. The quantitative estimate of drug-likeness (QED) is 0.939. The van der Waals surface area contributed by atoms with E-state index in [9.17, 15) is 9.18 Å². The lowest BCUT2D eigenvalue weighted by Crippen LogP contribution is -2.27. The Morgan fingerprint density at radius 1 is 1.24 bits per heavy atom. The van der Waals surface area contributed by atoms with Crippen LogP contribution in [0.1, 0.15) is 60.4 Å². The number of nitrogens with one attached hydrogen (secondary N) is 1. The maximum absolute atomic E-state index is 13.2. The fourth-order valence-corrected chi connectivity index (χ4v) is 1.78. The highest BCUT2D eigenvalue weighted by Gasteiger charge is 2.18. The molecule has 1 heterocycles. The number of hydrogen-bond acceptors (Lipinski definition) is 4. The van der Waals surface area contributed by atoms with E-state index in [1.165, 1.54) is 18.2 Å². The van der Waals surface area contributed by atoms with Crippen molar-refractivity contribution in [3.63, 3.8) is 0 Å². The Morgan fingerprint density at radius 3 is 2.48 bits per heavy atom. The van der Waals surface area contributed by atoms with Crippen LogP contribution in [-0.4, -0.2) is 16.1 Å². The molecule has 21 heavy (non-hydrogen) atoms. The van der Waals surface area contributed by atoms with Gasteiger partial charge in [0.15, 0.2) is 0 Å². The highest BCUT2D eigenvalue weighted by Crippen LogP contribution is 2.17. The average Bonchev–Trinajstić information content (AvgIpc) is 2.91. The summed E-state index contributed by atoms with van der Waals surface area (Å²) in [5, 5.41) is 10.6. The molecule has 0 saturated carbocycles. The van der Waals surface area contributed by atoms with Crippen molar-refractivity contribution in [1.29, 1.82) is 0 Å². The summed E-state index contributed by atoms with van der Waals surface area (Å²) in [5.41, 5.74) is 0.819. The summed E-state index contributed by atoms with van der Waals surface area (Å²) < 4.78 is 18.7. The van der Waals surface area contributed by atoms with Crippen molar-refractivity contribution in [3.05, 3.63) is 46.9 Å². The minimum atomic E-state index is -0.414. The van der Waals surface area contributed by atoms with Crippen molar-refractivity contribution in [2.24, 2.45) is 0 Å². The fourth-order valence-electron chi connectivity index (χ4n) is 1.78. The van der Waals surface area contributed by atoms with E-state index >= 15 is 0 Å². The molecule has 1 atom stereocenters. The normalized spacial score (nSPS) is 12.5. The van der Waals surface area contributed by atoms with Gasteiger partial charge in [0.1, 0.15) is 11.9 Å². The van der Waals surface area contributed by atoms with Crippen molar-refractivity contribution >= 4 is 5.91 Å². The molecular weight excluding hydrogens is 273 g/mol. The third-order valence-corrected chi connectivity index (χ3v) is 3.09. The van der Waals surface area contributed by atoms with Crippen LogP contribution in [-0.2, 0) is 0 Å². The number of nitrogens with zero attached hydrogens (tertiary/aromatic N) is 2. The molecule has 1 amide bonds. The van der Waals surface area contributed by atoms with Gasteiger partial charge in [-0.25, -0.2) is 4.39 Å². The number of aryl methyl sites for hydroxylation is 1. The zero-order valence-electron chi connectivity index (χ0n) is 12.5. The molecule has 5 nitrogen and oxygen atoms in total. The van der Waals surface area contributed by atoms with Gasteiger partial charge in [-0.1, -0.05) is 13.8 Å². The van der Waals surface area contributed by atoms with E-state index in [4.69, 9.17) is 4.42 Å². The molecule has 1 aromatic carbocycles. The minimum absolute atomic E-state index is 0.133. The zero-order chi connectivity index (χ0) is 15.6. The van der Waals surface area contributed by atoms with Gasteiger partial charge in [-0.05, 0) is 37.6 Å². The molecule has 2 rings (SSSR count). The van der Waals surface area contributed by atoms with E-state index in [1.807, 2.05) is 13.8 Å². The molecule has 2 aromatic rings. The fraction of sp³-hybridized carbons (Fsp3) is 0.400. The van der Waals surface area contributed by atoms with E-state index in [1.54, 1.807) is 13.8 Å². The molecule has 0 unspecified atom stereocenters. The van der Waals surface area contributed by atoms with Gasteiger partial charge in [0.05, 0.1) is 0 Å². The van der Waals surface area contributed by atoms with Gasteiger partial charge < -0.3 is 9.73 Å². The number of halogens is 1. The van der Waals surface area contributed by atoms with Gasteiger partial charge >= 0.3 is 0 Å². The van der Waals surface area contributed by atoms with Crippen LogP contribution < -0.4 is 5.32 Å². The largest absolute Gasteiger partial charge is 0.423 e. The molecule has 6 heteroatoms. The van der Waals surface area contributed by atoms with Crippen LogP contribution >= 0.6 is 0 Å². The number of aromatic nitrogens is 2. The van der Waals surface area contributed by atoms with Gasteiger partial charge in [0.2, 0.25) is 11.8 Å². The minimum Gasteiger partial charge on any atom is -0.423 e. The van der Waals surface area contributed by atoms with Crippen LogP contribution in [0.15, 0.2) is 22.6 Å². The molecule has 112 valence electrons. The second-order valence-electron chi connectivity index (χ2n) is 5.29. The molecule has 0 aliphatic heterocycles. The zero-order valence-corrected chi connectivity index (χ0v) is 12.5. The summed E-state index contributed by atoms with van der Waals surface area (Å²) in [6.45, 7) is 7.26. The van der Waals surface area contributed by atoms with E-state index in [2.05, 4.69) is 15.5 Å². The number of carbonyl (C=O) groups is 1. The first kappa shape index (κ1) is 15.2. The van der Waals surface area contributed by atoms with Crippen LogP contribution in [0.25, 0.3) is 0 Å². The molecular formula is C15H18FN3O2. The topological polar surface area (TPSA) is 68.0 Å². The van der Waals surface area contributed by atoms with E-state index in [0.717, 1.165) is 0 Å². The third-order valence-electron chi connectivity index (χ3n) is 3.09. The van der Waals surface area contributed by atoms with Crippen LogP contribution in [0, 0.1) is 12.7 Å². The summed E-state index contributed by atoms with van der Waals surface area (Å²) in [5.74, 6) is 0.372. The SMILES string of the molecule is Cc1cc(C(=O)N[C@@H](C)c2nnc(C(C)C)o2)ccc1F. The Balaban J connectivity index is 2.08. The third kappa shape index (κ3) is 3.45. The monoisotopic (exact) mass is 291 g/mol. The molecule has 0 fully saturated rings. The second kappa shape index (κ2) is 6.03. The Hall–Kier alpha value is -2.24. The highest BCUT2D eigenvalue weighted by atomic mass is 19.1. The van der Waals surface area contributed by atoms with Gasteiger partial charge in [-0.3, -0.25) is 4.79 Å². The number of carbonyl (C=O) groups excluding carboxylic acids is 1. The number of hydrogen-bond donors (Lipinski definition) is 1. The standard InChI is InChI=1S/C15H18FN3O2/c1-8(2)14-18-19-15(21-14)10(4)17-13(20)11-5-6-12(16)9(3)7-11/h5-8,10H,1-4H3,(H,17,20)/t10-/m0/s1. The van der Waals surface area contributed by atoms with Gasteiger partial charge in [-0.15, -0.1) is 10.2 Å². The highest BCUT2D eigenvalue weighted by molar-refractivity contribution is 5.94. The smallest absolute Gasteiger partial charge is 0.251 e. The number of amides is 1. The Bertz CT molecular complexity index is 652. The van der Waals surface area contributed by atoms with Gasteiger partial charge in [-0.2, -0.15) is 0 Å². The molecule has 1 aromatic heterocycles. The second-order valence-corrected chi connectivity index (χ2v) is 5.29. The van der Waals surface area contributed by atoms with Crippen molar-refractivity contribution in [2.75, 3.05) is 0 Å². The molecule has 0 aliphatic rings. The first-order valence-electron chi connectivity index (χ1n) is 6.78. The molecule has 0 aliphatic carbocycles. The van der Waals surface area contributed by atoms with Crippen LogP contribution in [0.4, 0.5) is 4.39 Å². The number of rotatable bonds is 4. The van der Waals surface area contributed by atoms with Crippen LogP contribution in [0.5, 0.6) is 0 Å². The lowest BCUT2D eigenvalue weighted by atomic mass is 10.1. The predicted octanol–water partition coefficient (Wildman–Crippen LogP) is 3.13. The van der Waals surface area contributed by atoms with Crippen LogP contribution in [0.2, 0.25) is 0 Å². The molecule has 0 spiro atoms. The molecule has 0 bridgehead atoms. The molecule has 0 saturated heterocycles. The first-order valence-corrected chi connectivity index (χ1v) is 6.78. The Morgan fingerprint density at radius 2 is 1.90 bits per heavy atom. The van der Waals surface area contributed by atoms with Crippen molar-refractivity contribution in [3.8, 4) is 0 Å². The van der Waals surface area contributed by atoms with Gasteiger partial charge in [0.25, 0.3) is 5.91 Å². The van der Waals surface area contributed by atoms with E-state index in [-0.39, 0.29) is 17.6 Å². The lowest BCUT2D eigenvalue weighted by Gasteiger charge is -2.10. The first-order chi connectivity index (χ1) is 9.88. The van der Waals surface area contributed by atoms with Crippen molar-refractivity contribution in [1.82, 2.24) is 15.5 Å². The molecule has 1 N–H and O–H groups in total. The van der Waals surface area contributed by atoms with Crippen molar-refractivity contribution < 1.29 is 13.6 Å². The summed E-state index contributed by atoms with van der Waals surface area (Å²) >= 11 is 0. The van der Waals surface area contributed by atoms with Crippen molar-refractivity contribution in [2.45, 2.75) is 39.7 Å². The molecule has 0 radical (unpaired) electrons. The lowest BCUT2D eigenvalue weighted by molar-refractivity contribution is 0.0933. The summed E-state index contributed by atoms with van der Waals surface area (Å²) in [6.07, 6.45) is 0. The average molecular weight is 291 g/mol. The summed E-state index contributed by atoms with van der Waals surface area (Å²) in [4.78, 5) is 12.1. The summed E-state index contributed by atoms with van der Waals surface area (Å²) in [6, 6.07) is 3.81. The van der Waals surface area contributed by atoms with Gasteiger partial charge in [0, 0.05) is 11.5 Å². The maximum Gasteiger partial charge on any atom is 0.251 e. The Labute approximate surface area is 122 Å². The van der Waals surface area contributed by atoms with E-state index < -0.39 is 6.04 Å². The maximum atomic E-state index is 13.2. The van der Waals surface area contributed by atoms with E-state index in [0.29, 0.717) is 22.9 Å². The predicted molar refractivity (Wildman–Crippen MR) is 75.4 cm³/mol.